The first-order valence-corrected chi connectivity index (χ1v) is 10.3. The zero-order valence-corrected chi connectivity index (χ0v) is 17.7. The Morgan fingerprint density at radius 2 is 1.97 bits per heavy atom. The summed E-state index contributed by atoms with van der Waals surface area (Å²) in [7, 11) is 1.63. The predicted octanol–water partition coefficient (Wildman–Crippen LogP) is 3.95. The van der Waals surface area contributed by atoms with Gasteiger partial charge in [0.25, 0.3) is 0 Å². The second-order valence-electron chi connectivity index (χ2n) is 6.73. The first-order chi connectivity index (χ1) is 14.0. The minimum atomic E-state index is -0.460. The fraction of sp³-hybridized carbons (Fsp3) is 0.250. The molecular weight excluding hydrogens is 410 g/mol. The number of amides is 1. The molecule has 0 aliphatic carbocycles. The predicted molar refractivity (Wildman–Crippen MR) is 114 cm³/mol. The van der Waals surface area contributed by atoms with Crippen LogP contribution in [0, 0.1) is 13.8 Å². The van der Waals surface area contributed by atoms with Crippen molar-refractivity contribution in [3.63, 3.8) is 0 Å². The molecule has 0 saturated carbocycles. The van der Waals surface area contributed by atoms with E-state index >= 15 is 0 Å². The van der Waals surface area contributed by atoms with Crippen molar-refractivity contribution in [2.24, 2.45) is 0 Å². The topological polar surface area (TPSA) is 81.1 Å². The zero-order chi connectivity index (χ0) is 20.5. The van der Waals surface area contributed by atoms with Crippen molar-refractivity contribution in [2.45, 2.75) is 30.3 Å². The number of benzene rings is 2. The maximum Gasteiger partial charge on any atom is 0.240 e. The number of ether oxygens (including phenoxy) is 1. The summed E-state index contributed by atoms with van der Waals surface area (Å²) in [4.78, 5) is 13.3. The number of aryl methyl sites for hydroxylation is 2. The average Bonchev–Trinajstić information content (AvgIpc) is 3.10. The number of thioether (sulfide) groups is 1. The van der Waals surface area contributed by atoms with Gasteiger partial charge >= 0.3 is 0 Å². The number of hydrogen-bond donors (Lipinski definition) is 2. The number of rotatable bonds is 4. The number of fused-ring (bicyclic) bond motifs is 1. The van der Waals surface area contributed by atoms with Crippen LogP contribution in [-0.2, 0) is 4.79 Å². The number of anilines is 1. The van der Waals surface area contributed by atoms with Gasteiger partial charge in [-0.05, 0) is 49.2 Å². The van der Waals surface area contributed by atoms with Gasteiger partial charge in [-0.15, -0.1) is 10.2 Å². The van der Waals surface area contributed by atoms with Crippen molar-refractivity contribution in [1.29, 1.82) is 0 Å². The number of aromatic nitrogens is 3. The number of carbonyl (C=O) groups excluding carboxylic acids is 1. The van der Waals surface area contributed by atoms with Crippen molar-refractivity contribution in [3.05, 3.63) is 64.4 Å². The summed E-state index contributed by atoms with van der Waals surface area (Å²) in [6.45, 7) is 3.80. The quantitative estimate of drug-likeness (QED) is 0.653. The van der Waals surface area contributed by atoms with Crippen molar-refractivity contribution in [2.75, 3.05) is 17.9 Å². The summed E-state index contributed by atoms with van der Waals surface area (Å²) >= 11 is 7.49. The molecule has 2 heterocycles. The summed E-state index contributed by atoms with van der Waals surface area (Å²) in [5.74, 6) is 1.35. The molecule has 0 radical (unpaired) electrons. The Bertz CT molecular complexity index is 1050. The number of methoxy groups -OCH3 is 1. The Labute approximate surface area is 177 Å². The number of halogens is 1. The van der Waals surface area contributed by atoms with Crippen molar-refractivity contribution >= 4 is 35.0 Å². The van der Waals surface area contributed by atoms with Gasteiger partial charge in [-0.2, -0.15) is 0 Å². The average molecular weight is 430 g/mol. The molecule has 1 aliphatic heterocycles. The molecule has 2 N–H and O–H groups in total. The van der Waals surface area contributed by atoms with Crippen LogP contribution in [0.1, 0.15) is 23.0 Å². The second kappa shape index (κ2) is 7.96. The van der Waals surface area contributed by atoms with Gasteiger partial charge in [0, 0.05) is 10.7 Å². The lowest BCUT2D eigenvalue weighted by Gasteiger charge is -2.33. The van der Waals surface area contributed by atoms with Crippen molar-refractivity contribution in [1.82, 2.24) is 14.9 Å². The standard InChI is InChI=1S/C20H20ClN5O2S/c1-11-4-7-14(21)10-16(11)22-19(27)18-17(13-5-8-15(28-3)9-6-13)25-26-12(2)23-24-20(26)29-18/h4-10,17-18,25H,1-3H3,(H,22,27)/t17-,18-/m1/s1. The molecule has 0 bridgehead atoms. The van der Waals surface area contributed by atoms with Crippen LogP contribution >= 0.6 is 23.4 Å². The lowest BCUT2D eigenvalue weighted by molar-refractivity contribution is -0.116. The first kappa shape index (κ1) is 19.6. The molecule has 0 unspecified atom stereocenters. The molecule has 0 fully saturated rings. The Kier molecular flexibility index (Phi) is 5.38. The maximum absolute atomic E-state index is 13.3. The molecular formula is C20H20ClN5O2S. The smallest absolute Gasteiger partial charge is 0.240 e. The zero-order valence-electron chi connectivity index (χ0n) is 16.1. The Morgan fingerprint density at radius 1 is 1.21 bits per heavy atom. The fourth-order valence-electron chi connectivity index (χ4n) is 3.15. The molecule has 1 aromatic heterocycles. The van der Waals surface area contributed by atoms with Crippen LogP contribution < -0.4 is 15.5 Å². The van der Waals surface area contributed by atoms with Gasteiger partial charge in [-0.3, -0.25) is 4.79 Å². The molecule has 9 heteroatoms. The van der Waals surface area contributed by atoms with E-state index in [2.05, 4.69) is 20.9 Å². The summed E-state index contributed by atoms with van der Waals surface area (Å²) in [5.41, 5.74) is 5.98. The van der Waals surface area contributed by atoms with E-state index in [1.165, 1.54) is 11.8 Å². The number of hydrogen-bond acceptors (Lipinski definition) is 6. The van der Waals surface area contributed by atoms with Crippen LogP contribution in [0.25, 0.3) is 0 Å². The van der Waals surface area contributed by atoms with Gasteiger partial charge < -0.3 is 15.5 Å². The Balaban J connectivity index is 1.67. The van der Waals surface area contributed by atoms with E-state index in [-0.39, 0.29) is 11.9 Å². The highest BCUT2D eigenvalue weighted by Crippen LogP contribution is 2.38. The lowest BCUT2D eigenvalue weighted by Crippen LogP contribution is -2.41. The van der Waals surface area contributed by atoms with Crippen LogP contribution in [0.5, 0.6) is 5.75 Å². The van der Waals surface area contributed by atoms with Crippen LogP contribution in [0.3, 0.4) is 0 Å². The van der Waals surface area contributed by atoms with E-state index in [1.54, 1.807) is 19.2 Å². The number of carbonyl (C=O) groups is 1. The van der Waals surface area contributed by atoms with E-state index in [4.69, 9.17) is 16.3 Å². The molecule has 7 nitrogen and oxygen atoms in total. The second-order valence-corrected chi connectivity index (χ2v) is 8.28. The van der Waals surface area contributed by atoms with Crippen LogP contribution in [0.4, 0.5) is 5.69 Å². The molecule has 4 rings (SSSR count). The highest BCUT2D eigenvalue weighted by atomic mass is 35.5. The van der Waals surface area contributed by atoms with E-state index in [0.717, 1.165) is 22.7 Å². The lowest BCUT2D eigenvalue weighted by atomic mass is 10.0. The van der Waals surface area contributed by atoms with Crippen LogP contribution in [-0.4, -0.2) is 33.1 Å². The number of nitrogens with one attached hydrogen (secondary N) is 2. The van der Waals surface area contributed by atoms with Gasteiger partial charge in [-0.25, -0.2) is 4.68 Å². The number of nitrogens with zero attached hydrogens (tertiary/aromatic N) is 3. The van der Waals surface area contributed by atoms with E-state index < -0.39 is 5.25 Å². The molecule has 2 atom stereocenters. The fourth-order valence-corrected chi connectivity index (χ4v) is 4.45. The van der Waals surface area contributed by atoms with Gasteiger partial charge in [-0.1, -0.05) is 41.6 Å². The van der Waals surface area contributed by atoms with Gasteiger partial charge in [0.1, 0.15) is 16.8 Å². The summed E-state index contributed by atoms with van der Waals surface area (Å²) < 4.78 is 7.07. The minimum absolute atomic E-state index is 0.138. The van der Waals surface area contributed by atoms with Gasteiger partial charge in [0.2, 0.25) is 11.1 Å². The third-order valence-electron chi connectivity index (χ3n) is 4.79. The Hall–Kier alpha value is -2.71. The minimum Gasteiger partial charge on any atom is -0.497 e. The van der Waals surface area contributed by atoms with Crippen molar-refractivity contribution < 1.29 is 9.53 Å². The third-order valence-corrected chi connectivity index (χ3v) is 6.24. The van der Waals surface area contributed by atoms with E-state index in [9.17, 15) is 4.79 Å². The molecule has 2 aromatic carbocycles. The monoisotopic (exact) mass is 429 g/mol. The molecule has 150 valence electrons. The normalized spacial score (nSPS) is 17.9. The van der Waals surface area contributed by atoms with Gasteiger partial charge in [0.05, 0.1) is 13.2 Å². The van der Waals surface area contributed by atoms with E-state index in [0.29, 0.717) is 15.9 Å². The summed E-state index contributed by atoms with van der Waals surface area (Å²) in [5, 5.41) is 12.1. The van der Waals surface area contributed by atoms with Crippen LogP contribution in [0.2, 0.25) is 5.02 Å². The highest BCUT2D eigenvalue weighted by molar-refractivity contribution is 8.00. The van der Waals surface area contributed by atoms with Gasteiger partial charge in [0.15, 0.2) is 0 Å². The molecule has 29 heavy (non-hydrogen) atoms. The third kappa shape index (κ3) is 3.90. The maximum atomic E-state index is 13.3. The first-order valence-electron chi connectivity index (χ1n) is 9.02. The SMILES string of the molecule is COc1ccc([C@H]2Nn3c(C)nnc3S[C@H]2C(=O)Nc2cc(Cl)ccc2C)cc1. The molecule has 0 spiro atoms. The van der Waals surface area contributed by atoms with Crippen molar-refractivity contribution in [3.8, 4) is 5.75 Å². The van der Waals surface area contributed by atoms with Crippen LogP contribution in [0.15, 0.2) is 47.6 Å². The molecule has 1 aliphatic rings. The highest BCUT2D eigenvalue weighted by Gasteiger charge is 2.37. The largest absolute Gasteiger partial charge is 0.497 e. The molecule has 0 saturated heterocycles. The summed E-state index contributed by atoms with van der Waals surface area (Å²) in [6.07, 6.45) is 0. The Morgan fingerprint density at radius 3 is 2.69 bits per heavy atom. The molecule has 3 aromatic rings. The molecule has 1 amide bonds. The van der Waals surface area contributed by atoms with E-state index in [1.807, 2.05) is 48.9 Å². The summed E-state index contributed by atoms with van der Waals surface area (Å²) in [6, 6.07) is 12.8.